The molecule has 0 aliphatic rings. The highest BCUT2D eigenvalue weighted by Gasteiger charge is 2.06. The lowest BCUT2D eigenvalue weighted by atomic mass is 10.4. The average molecular weight is 267 g/mol. The fourth-order valence-corrected chi connectivity index (χ4v) is 1.70. The summed E-state index contributed by atoms with van der Waals surface area (Å²) in [7, 11) is -3.46. The molecule has 0 spiro atoms. The Kier molecular flexibility index (Phi) is 4.27. The summed E-state index contributed by atoms with van der Waals surface area (Å²) >= 11 is 5.65. The van der Waals surface area contributed by atoms with E-state index in [2.05, 4.69) is 15.3 Å². The van der Waals surface area contributed by atoms with Gasteiger partial charge >= 0.3 is 0 Å². The van der Waals surface area contributed by atoms with Crippen LogP contribution in [0.2, 0.25) is 5.02 Å². The smallest absolute Gasteiger partial charge is 0.271 e. The minimum atomic E-state index is -3.46. The highest BCUT2D eigenvalue weighted by atomic mass is 35.5. The molecule has 0 saturated heterocycles. The van der Waals surface area contributed by atoms with E-state index < -0.39 is 15.6 Å². The number of aromatic amines is 1. The van der Waals surface area contributed by atoms with E-state index in [0.717, 1.165) is 0 Å². The molecule has 0 saturated carbocycles. The van der Waals surface area contributed by atoms with Crippen LogP contribution in [0.5, 0.6) is 0 Å². The van der Waals surface area contributed by atoms with Crippen LogP contribution in [0.3, 0.4) is 0 Å². The van der Waals surface area contributed by atoms with Crippen LogP contribution in [-0.4, -0.2) is 30.7 Å². The molecule has 0 fully saturated rings. The van der Waals surface area contributed by atoms with Gasteiger partial charge in [-0.3, -0.25) is 4.79 Å². The first-order chi connectivity index (χ1) is 7.40. The van der Waals surface area contributed by atoms with Crippen molar-refractivity contribution in [3.63, 3.8) is 0 Å². The first-order valence-electron chi connectivity index (χ1n) is 4.37. The Balaban J connectivity index is 2.50. The van der Waals surface area contributed by atoms with E-state index in [1.807, 2.05) is 0 Å². The number of sulfonamides is 1. The molecule has 0 aromatic carbocycles. The van der Waals surface area contributed by atoms with Crippen LogP contribution in [0.1, 0.15) is 6.42 Å². The lowest BCUT2D eigenvalue weighted by Crippen LogP contribution is -2.19. The fourth-order valence-electron chi connectivity index (χ4n) is 0.986. The number of nitrogens with one attached hydrogen (secondary N) is 2. The Bertz CT molecular complexity index is 513. The lowest BCUT2D eigenvalue weighted by molar-refractivity contribution is 0.595. The van der Waals surface area contributed by atoms with Gasteiger partial charge in [-0.15, -0.1) is 0 Å². The second-order valence-corrected chi connectivity index (χ2v) is 5.15. The molecule has 90 valence electrons. The van der Waals surface area contributed by atoms with Crippen LogP contribution in [0, 0.1) is 0 Å². The largest absolute Gasteiger partial charge is 0.369 e. The van der Waals surface area contributed by atoms with Crippen molar-refractivity contribution in [3.05, 3.63) is 21.7 Å². The third-order valence-electron chi connectivity index (χ3n) is 1.69. The highest BCUT2D eigenvalue weighted by molar-refractivity contribution is 7.89. The van der Waals surface area contributed by atoms with Gasteiger partial charge in [-0.25, -0.2) is 18.5 Å². The predicted molar refractivity (Wildman–Crippen MR) is 60.9 cm³/mol. The van der Waals surface area contributed by atoms with Crippen LogP contribution in [0.4, 0.5) is 5.82 Å². The predicted octanol–water partition coefficient (Wildman–Crippen LogP) is -0.486. The first kappa shape index (κ1) is 12.9. The molecule has 0 bridgehead atoms. The Labute approximate surface area is 97.1 Å². The van der Waals surface area contributed by atoms with Gasteiger partial charge in [0.25, 0.3) is 5.56 Å². The maximum atomic E-state index is 11.0. The Hall–Kier alpha value is -1.12. The molecule has 4 N–H and O–H groups in total. The molecular weight excluding hydrogens is 256 g/mol. The van der Waals surface area contributed by atoms with Gasteiger partial charge in [0.1, 0.15) is 5.02 Å². The van der Waals surface area contributed by atoms with Crippen molar-refractivity contribution < 1.29 is 8.42 Å². The SMILES string of the molecule is NS(=O)(=O)CCCNc1nc[nH]c(=O)c1Cl. The molecular formula is C7H11ClN4O3S. The normalized spacial score (nSPS) is 11.4. The second-order valence-electron chi connectivity index (χ2n) is 3.04. The molecule has 0 radical (unpaired) electrons. The maximum absolute atomic E-state index is 11.0. The fraction of sp³-hybridized carbons (Fsp3) is 0.429. The Morgan fingerprint density at radius 1 is 1.56 bits per heavy atom. The number of aromatic nitrogens is 2. The maximum Gasteiger partial charge on any atom is 0.271 e. The number of nitrogens with two attached hydrogens (primary N) is 1. The van der Waals surface area contributed by atoms with Gasteiger partial charge in [0.15, 0.2) is 5.82 Å². The summed E-state index contributed by atoms with van der Waals surface area (Å²) in [5, 5.41) is 7.50. The van der Waals surface area contributed by atoms with E-state index in [0.29, 0.717) is 13.0 Å². The third kappa shape index (κ3) is 4.17. The molecule has 1 rings (SSSR count). The summed E-state index contributed by atoms with van der Waals surface area (Å²) < 4.78 is 21.2. The summed E-state index contributed by atoms with van der Waals surface area (Å²) in [6.45, 7) is 0.312. The quantitative estimate of drug-likeness (QED) is 0.622. The van der Waals surface area contributed by atoms with Crippen molar-refractivity contribution in [2.75, 3.05) is 17.6 Å². The summed E-state index contributed by atoms with van der Waals surface area (Å²) in [4.78, 5) is 17.1. The molecule has 1 aromatic heterocycles. The third-order valence-corrected chi connectivity index (χ3v) is 2.90. The molecule has 1 heterocycles. The van der Waals surface area contributed by atoms with E-state index in [-0.39, 0.29) is 16.6 Å². The van der Waals surface area contributed by atoms with Gasteiger partial charge in [0.05, 0.1) is 12.1 Å². The van der Waals surface area contributed by atoms with Crippen LogP contribution >= 0.6 is 11.6 Å². The van der Waals surface area contributed by atoms with Crippen LogP contribution in [-0.2, 0) is 10.0 Å². The minimum Gasteiger partial charge on any atom is -0.369 e. The Morgan fingerprint density at radius 3 is 2.88 bits per heavy atom. The summed E-state index contributed by atoms with van der Waals surface area (Å²) in [6, 6.07) is 0. The number of hydrogen-bond donors (Lipinski definition) is 3. The molecule has 0 atom stereocenters. The zero-order chi connectivity index (χ0) is 12.2. The number of primary sulfonamides is 1. The summed E-state index contributed by atoms with van der Waals surface area (Å²) in [5.74, 6) is 0.0840. The van der Waals surface area contributed by atoms with Crippen LogP contribution < -0.4 is 16.0 Å². The van der Waals surface area contributed by atoms with Crippen molar-refractivity contribution in [2.24, 2.45) is 5.14 Å². The zero-order valence-corrected chi connectivity index (χ0v) is 9.81. The molecule has 7 nitrogen and oxygen atoms in total. The van der Waals surface area contributed by atoms with Gasteiger partial charge < -0.3 is 10.3 Å². The van der Waals surface area contributed by atoms with E-state index in [9.17, 15) is 13.2 Å². The molecule has 0 aliphatic heterocycles. The lowest BCUT2D eigenvalue weighted by Gasteiger charge is -2.05. The average Bonchev–Trinajstić information content (AvgIpc) is 2.17. The zero-order valence-electron chi connectivity index (χ0n) is 8.23. The highest BCUT2D eigenvalue weighted by Crippen LogP contribution is 2.11. The number of halogens is 1. The van der Waals surface area contributed by atoms with Gasteiger partial charge in [0.2, 0.25) is 10.0 Å². The molecule has 9 heteroatoms. The number of hydrogen-bond acceptors (Lipinski definition) is 5. The molecule has 1 aromatic rings. The minimum absolute atomic E-state index is 0.0573. The molecule has 16 heavy (non-hydrogen) atoms. The van der Waals surface area contributed by atoms with E-state index >= 15 is 0 Å². The monoisotopic (exact) mass is 266 g/mol. The summed E-state index contributed by atoms with van der Waals surface area (Å²) in [6.07, 6.45) is 1.51. The van der Waals surface area contributed by atoms with Crippen LogP contribution in [0.25, 0.3) is 0 Å². The number of H-pyrrole nitrogens is 1. The van der Waals surface area contributed by atoms with Crippen molar-refractivity contribution in [3.8, 4) is 0 Å². The topological polar surface area (TPSA) is 118 Å². The number of rotatable bonds is 5. The molecule has 0 aliphatic carbocycles. The molecule has 0 amide bonds. The standard InChI is InChI=1S/C7H11ClN4O3S/c8-5-6(11-4-12-7(5)13)10-2-1-3-16(9,14)15/h4H,1-3H2,(H2,9,14,15)(H2,10,11,12,13). The van der Waals surface area contributed by atoms with Crippen molar-refractivity contribution >= 4 is 27.4 Å². The molecule has 0 unspecified atom stereocenters. The van der Waals surface area contributed by atoms with Gasteiger partial charge in [-0.2, -0.15) is 0 Å². The van der Waals surface area contributed by atoms with E-state index in [1.54, 1.807) is 0 Å². The van der Waals surface area contributed by atoms with Crippen molar-refractivity contribution in [2.45, 2.75) is 6.42 Å². The van der Waals surface area contributed by atoms with E-state index in [4.69, 9.17) is 16.7 Å². The van der Waals surface area contributed by atoms with Gasteiger partial charge in [0, 0.05) is 6.54 Å². The number of nitrogens with zero attached hydrogens (tertiary/aromatic N) is 1. The number of anilines is 1. The Morgan fingerprint density at radius 2 is 2.25 bits per heavy atom. The van der Waals surface area contributed by atoms with Gasteiger partial charge in [-0.05, 0) is 6.42 Å². The van der Waals surface area contributed by atoms with E-state index in [1.165, 1.54) is 6.33 Å². The first-order valence-corrected chi connectivity index (χ1v) is 6.47. The van der Waals surface area contributed by atoms with Crippen molar-refractivity contribution in [1.29, 1.82) is 0 Å². The van der Waals surface area contributed by atoms with Crippen LogP contribution in [0.15, 0.2) is 11.1 Å². The van der Waals surface area contributed by atoms with Crippen molar-refractivity contribution in [1.82, 2.24) is 9.97 Å². The second kappa shape index (κ2) is 5.28. The summed E-state index contributed by atoms with van der Waals surface area (Å²) in [5.41, 5.74) is -0.453. The van der Waals surface area contributed by atoms with Gasteiger partial charge in [-0.1, -0.05) is 11.6 Å².